The Morgan fingerprint density at radius 2 is 2.00 bits per heavy atom. The number of allylic oxidation sites excluding steroid dienone is 1. The number of fused-ring (bicyclic) bond motifs is 1. The van der Waals surface area contributed by atoms with Crippen molar-refractivity contribution >= 4 is 17.5 Å². The van der Waals surface area contributed by atoms with E-state index in [1.165, 1.54) is 4.90 Å². The summed E-state index contributed by atoms with van der Waals surface area (Å²) >= 11 is 0. The molecule has 0 unspecified atom stereocenters. The van der Waals surface area contributed by atoms with Gasteiger partial charge in [0, 0.05) is 6.20 Å². The Morgan fingerprint density at radius 3 is 2.73 bits per heavy atom. The summed E-state index contributed by atoms with van der Waals surface area (Å²) in [6, 6.07) is 7.42. The number of carbonyl (C=O) groups is 2. The van der Waals surface area contributed by atoms with Crippen LogP contribution in [0.2, 0.25) is 0 Å². The fraction of sp³-hybridized carbons (Fsp3) is 0.0909. The highest BCUT2D eigenvalue weighted by Gasteiger charge is 2.22. The Labute approximate surface area is 87.0 Å². The van der Waals surface area contributed by atoms with Gasteiger partial charge in [0.05, 0.1) is 5.69 Å². The van der Waals surface area contributed by atoms with Crippen molar-refractivity contribution in [1.82, 2.24) is 0 Å². The van der Waals surface area contributed by atoms with E-state index >= 15 is 0 Å². The first-order valence-corrected chi connectivity index (χ1v) is 4.57. The number of nitrogens with zero attached hydrogens (tertiary/aromatic N) is 1. The van der Waals surface area contributed by atoms with Gasteiger partial charge in [-0.05, 0) is 18.1 Å². The number of carbonyl (C=O) groups excluding carboxylic acids is 2. The number of nitrogens with two attached hydrogens (primary N) is 1. The Morgan fingerprint density at radius 1 is 1.27 bits per heavy atom. The second-order valence-electron chi connectivity index (χ2n) is 3.26. The van der Waals surface area contributed by atoms with Crippen LogP contribution in [0.4, 0.5) is 5.69 Å². The van der Waals surface area contributed by atoms with Crippen molar-refractivity contribution in [3.8, 4) is 0 Å². The molecule has 0 aliphatic carbocycles. The van der Waals surface area contributed by atoms with Crippen LogP contribution in [-0.4, -0.2) is 11.8 Å². The maximum atomic E-state index is 11.5. The third-order valence-electron chi connectivity index (χ3n) is 2.27. The summed E-state index contributed by atoms with van der Waals surface area (Å²) in [6.45, 7) is 0. The van der Waals surface area contributed by atoms with Crippen LogP contribution >= 0.6 is 0 Å². The van der Waals surface area contributed by atoms with Crippen LogP contribution in [0, 0.1) is 0 Å². The van der Waals surface area contributed by atoms with Crippen LogP contribution in [-0.2, 0) is 16.0 Å². The topological polar surface area (TPSA) is 63.4 Å². The van der Waals surface area contributed by atoms with Crippen LogP contribution in [0.5, 0.6) is 0 Å². The number of anilines is 1. The first-order valence-electron chi connectivity index (χ1n) is 4.57. The quantitative estimate of drug-likeness (QED) is 0.625. The van der Waals surface area contributed by atoms with Crippen LogP contribution < -0.4 is 10.6 Å². The zero-order valence-corrected chi connectivity index (χ0v) is 8.01. The Balaban J connectivity index is 2.42. The van der Waals surface area contributed by atoms with Crippen molar-refractivity contribution < 1.29 is 9.59 Å². The van der Waals surface area contributed by atoms with E-state index in [9.17, 15) is 9.59 Å². The molecule has 0 fully saturated rings. The van der Waals surface area contributed by atoms with Gasteiger partial charge in [-0.15, -0.1) is 0 Å². The van der Waals surface area contributed by atoms with Gasteiger partial charge in [0.2, 0.25) is 0 Å². The standard InChI is InChI=1S/C11H10N2O2/c12-10(14)11(15)13-7-3-5-8-4-1-2-6-9(8)13/h1-4,6-7H,5H2,(H2,12,14). The highest BCUT2D eigenvalue weighted by molar-refractivity contribution is 6.40. The van der Waals surface area contributed by atoms with Crippen molar-refractivity contribution in [2.75, 3.05) is 4.90 Å². The number of hydrogen-bond acceptors (Lipinski definition) is 2. The third-order valence-corrected chi connectivity index (χ3v) is 2.27. The molecule has 0 bridgehead atoms. The molecule has 0 saturated carbocycles. The smallest absolute Gasteiger partial charge is 0.320 e. The molecule has 1 heterocycles. The van der Waals surface area contributed by atoms with E-state index in [2.05, 4.69) is 0 Å². The third kappa shape index (κ3) is 1.61. The number of para-hydroxylation sites is 1. The molecule has 1 aliphatic rings. The largest absolute Gasteiger partial charge is 0.361 e. The lowest BCUT2D eigenvalue weighted by Crippen LogP contribution is -2.38. The molecule has 2 rings (SSSR count). The normalized spacial score (nSPS) is 13.5. The van der Waals surface area contributed by atoms with E-state index < -0.39 is 11.8 Å². The maximum Gasteiger partial charge on any atom is 0.320 e. The van der Waals surface area contributed by atoms with Crippen molar-refractivity contribution in [1.29, 1.82) is 0 Å². The second kappa shape index (κ2) is 3.57. The molecular formula is C11H10N2O2. The summed E-state index contributed by atoms with van der Waals surface area (Å²) in [6.07, 6.45) is 4.16. The molecule has 2 amide bonds. The molecule has 76 valence electrons. The Bertz CT molecular complexity index is 452. The van der Waals surface area contributed by atoms with Gasteiger partial charge in [-0.3, -0.25) is 14.5 Å². The number of rotatable bonds is 0. The van der Waals surface area contributed by atoms with Crippen molar-refractivity contribution in [2.24, 2.45) is 5.73 Å². The molecule has 4 heteroatoms. The van der Waals surface area contributed by atoms with Gasteiger partial charge in [-0.2, -0.15) is 0 Å². The van der Waals surface area contributed by atoms with Gasteiger partial charge in [0.25, 0.3) is 0 Å². The monoisotopic (exact) mass is 202 g/mol. The number of primary amides is 1. The van der Waals surface area contributed by atoms with Crippen LogP contribution in [0.15, 0.2) is 36.5 Å². The molecule has 0 saturated heterocycles. The molecule has 1 aromatic rings. The molecule has 1 aliphatic heterocycles. The summed E-state index contributed by atoms with van der Waals surface area (Å²) in [5.41, 5.74) is 6.69. The predicted molar refractivity (Wildman–Crippen MR) is 56.0 cm³/mol. The summed E-state index contributed by atoms with van der Waals surface area (Å²) < 4.78 is 0. The first kappa shape index (κ1) is 9.45. The predicted octanol–water partition coefficient (Wildman–Crippen LogP) is 0.575. The van der Waals surface area contributed by atoms with Crippen LogP contribution in [0.25, 0.3) is 0 Å². The van der Waals surface area contributed by atoms with E-state index in [1.54, 1.807) is 12.3 Å². The minimum Gasteiger partial charge on any atom is -0.361 e. The average molecular weight is 202 g/mol. The van der Waals surface area contributed by atoms with Crippen molar-refractivity contribution in [2.45, 2.75) is 6.42 Å². The molecular weight excluding hydrogens is 192 g/mol. The molecule has 0 radical (unpaired) electrons. The van der Waals surface area contributed by atoms with Gasteiger partial charge >= 0.3 is 11.8 Å². The number of amides is 2. The Hall–Kier alpha value is -2.10. The van der Waals surface area contributed by atoms with E-state index in [-0.39, 0.29) is 0 Å². The summed E-state index contributed by atoms with van der Waals surface area (Å²) in [4.78, 5) is 23.5. The fourth-order valence-electron chi connectivity index (χ4n) is 1.58. The first-order chi connectivity index (χ1) is 7.20. The average Bonchev–Trinajstić information content (AvgIpc) is 2.27. The van der Waals surface area contributed by atoms with Gasteiger partial charge in [-0.25, -0.2) is 0 Å². The minimum absolute atomic E-state index is 0.710. The summed E-state index contributed by atoms with van der Waals surface area (Å²) in [7, 11) is 0. The molecule has 2 N–H and O–H groups in total. The fourth-order valence-corrected chi connectivity index (χ4v) is 1.58. The summed E-state index contributed by atoms with van der Waals surface area (Å²) in [5.74, 6) is -1.66. The minimum atomic E-state index is -0.948. The van der Waals surface area contributed by atoms with E-state index in [0.29, 0.717) is 0 Å². The molecule has 0 spiro atoms. The Kier molecular flexibility index (Phi) is 2.25. The van der Waals surface area contributed by atoms with Crippen molar-refractivity contribution in [3.05, 3.63) is 42.1 Å². The second-order valence-corrected chi connectivity index (χ2v) is 3.26. The van der Waals surface area contributed by atoms with Gasteiger partial charge in [0.15, 0.2) is 0 Å². The highest BCUT2D eigenvalue weighted by Crippen LogP contribution is 2.25. The number of benzene rings is 1. The molecule has 0 atom stereocenters. The molecule has 4 nitrogen and oxygen atoms in total. The zero-order chi connectivity index (χ0) is 10.8. The lowest BCUT2D eigenvalue weighted by atomic mass is 10.1. The maximum absolute atomic E-state index is 11.5. The van der Waals surface area contributed by atoms with E-state index in [1.807, 2.05) is 24.3 Å². The summed E-state index contributed by atoms with van der Waals surface area (Å²) in [5, 5.41) is 0. The van der Waals surface area contributed by atoms with Gasteiger partial charge in [0.1, 0.15) is 0 Å². The zero-order valence-electron chi connectivity index (χ0n) is 8.01. The molecule has 15 heavy (non-hydrogen) atoms. The number of hydrogen-bond donors (Lipinski definition) is 1. The van der Waals surface area contributed by atoms with Gasteiger partial charge in [-0.1, -0.05) is 24.3 Å². The van der Waals surface area contributed by atoms with Crippen LogP contribution in [0.1, 0.15) is 5.56 Å². The van der Waals surface area contributed by atoms with Crippen LogP contribution in [0.3, 0.4) is 0 Å². The lowest BCUT2D eigenvalue weighted by Gasteiger charge is -2.23. The van der Waals surface area contributed by atoms with Crippen molar-refractivity contribution in [3.63, 3.8) is 0 Å². The highest BCUT2D eigenvalue weighted by atomic mass is 16.2. The SMILES string of the molecule is NC(=O)C(=O)N1C=CCc2ccccc21. The molecule has 1 aromatic carbocycles. The molecule has 0 aromatic heterocycles. The lowest BCUT2D eigenvalue weighted by molar-refractivity contribution is -0.135. The van der Waals surface area contributed by atoms with Gasteiger partial charge < -0.3 is 5.73 Å². The van der Waals surface area contributed by atoms with E-state index in [4.69, 9.17) is 5.73 Å². The van der Waals surface area contributed by atoms with E-state index in [0.717, 1.165) is 17.7 Å².